The largest absolute Gasteiger partial charge is 0.377 e. The van der Waals surface area contributed by atoms with E-state index in [2.05, 4.69) is 24.1 Å². The molecule has 1 N–H and O–H groups in total. The summed E-state index contributed by atoms with van der Waals surface area (Å²) in [5.41, 5.74) is 3.43. The van der Waals surface area contributed by atoms with Gasteiger partial charge in [0.25, 0.3) is 11.6 Å². The highest BCUT2D eigenvalue weighted by Crippen LogP contribution is 2.31. The molecule has 2 aliphatic heterocycles. The highest BCUT2D eigenvalue weighted by Gasteiger charge is 2.24. The zero-order valence-corrected chi connectivity index (χ0v) is 19.3. The molecule has 176 valence electrons. The number of carbonyl (C=O) groups is 1. The van der Waals surface area contributed by atoms with Crippen molar-refractivity contribution < 1.29 is 14.5 Å². The summed E-state index contributed by atoms with van der Waals surface area (Å²) in [5, 5.41) is 14.7. The van der Waals surface area contributed by atoms with Crippen LogP contribution in [-0.2, 0) is 4.74 Å². The van der Waals surface area contributed by atoms with Gasteiger partial charge in [0.2, 0.25) is 0 Å². The van der Waals surface area contributed by atoms with Gasteiger partial charge in [-0.3, -0.25) is 14.9 Å². The second-order valence-electron chi connectivity index (χ2n) is 9.03. The Morgan fingerprint density at radius 2 is 1.88 bits per heavy atom. The summed E-state index contributed by atoms with van der Waals surface area (Å²) >= 11 is 0. The Hall–Kier alpha value is -3.13. The molecule has 33 heavy (non-hydrogen) atoms. The molecule has 2 aromatic carbocycles. The van der Waals surface area contributed by atoms with Crippen molar-refractivity contribution >= 4 is 23.0 Å². The Kier molecular flexibility index (Phi) is 7.13. The van der Waals surface area contributed by atoms with Crippen molar-refractivity contribution in [1.29, 1.82) is 0 Å². The molecule has 2 aromatic rings. The third-order valence-electron chi connectivity index (χ3n) is 6.48. The summed E-state index contributed by atoms with van der Waals surface area (Å²) in [5.74, 6) is 0.483. The van der Waals surface area contributed by atoms with Crippen molar-refractivity contribution in [3.63, 3.8) is 0 Å². The number of nitrogens with zero attached hydrogens (tertiary/aromatic N) is 3. The third kappa shape index (κ3) is 5.45. The molecule has 1 amide bonds. The molecule has 0 bridgehead atoms. The fourth-order valence-corrected chi connectivity index (χ4v) is 4.41. The number of nitro groups is 1. The summed E-state index contributed by atoms with van der Waals surface area (Å²) in [4.78, 5) is 28.1. The van der Waals surface area contributed by atoms with E-state index in [1.807, 2.05) is 35.2 Å². The monoisotopic (exact) mass is 452 g/mol. The SMILES string of the molecule is CC(C)c1ccc(C(=O)N2CCN(c3ccc([N+](=O)[O-])c(NC[C@H]4CCCO4)c3)CC2)cc1. The van der Waals surface area contributed by atoms with Gasteiger partial charge in [0.05, 0.1) is 11.0 Å². The van der Waals surface area contributed by atoms with E-state index in [0.29, 0.717) is 49.9 Å². The van der Waals surface area contributed by atoms with Crippen LogP contribution >= 0.6 is 0 Å². The highest BCUT2D eigenvalue weighted by molar-refractivity contribution is 5.94. The minimum atomic E-state index is -0.358. The molecular formula is C25H32N4O4. The molecule has 2 heterocycles. The van der Waals surface area contributed by atoms with Crippen LogP contribution in [0.15, 0.2) is 42.5 Å². The number of benzene rings is 2. The highest BCUT2D eigenvalue weighted by atomic mass is 16.6. The van der Waals surface area contributed by atoms with Gasteiger partial charge < -0.3 is 19.9 Å². The average Bonchev–Trinajstić information content (AvgIpc) is 3.36. The Labute approximate surface area is 194 Å². The fraction of sp³-hybridized carbons (Fsp3) is 0.480. The molecule has 0 aromatic heterocycles. The Morgan fingerprint density at radius 1 is 1.15 bits per heavy atom. The van der Waals surface area contributed by atoms with Gasteiger partial charge in [-0.1, -0.05) is 26.0 Å². The first-order valence-electron chi connectivity index (χ1n) is 11.7. The predicted octanol–water partition coefficient (Wildman–Crippen LogP) is 4.27. The summed E-state index contributed by atoms with van der Waals surface area (Å²) in [7, 11) is 0. The van der Waals surface area contributed by atoms with Gasteiger partial charge in [0, 0.05) is 56.6 Å². The summed E-state index contributed by atoms with van der Waals surface area (Å²) in [6.07, 6.45) is 2.09. The van der Waals surface area contributed by atoms with Crippen LogP contribution in [0.25, 0.3) is 0 Å². The molecule has 0 spiro atoms. The number of ether oxygens (including phenoxy) is 1. The van der Waals surface area contributed by atoms with Crippen LogP contribution in [0, 0.1) is 10.1 Å². The fourth-order valence-electron chi connectivity index (χ4n) is 4.41. The lowest BCUT2D eigenvalue weighted by atomic mass is 10.0. The third-order valence-corrected chi connectivity index (χ3v) is 6.48. The van der Waals surface area contributed by atoms with E-state index in [9.17, 15) is 14.9 Å². The molecule has 8 nitrogen and oxygen atoms in total. The molecular weight excluding hydrogens is 420 g/mol. The van der Waals surface area contributed by atoms with Gasteiger partial charge in [0.1, 0.15) is 5.69 Å². The summed E-state index contributed by atoms with van der Waals surface area (Å²) in [6.45, 7) is 8.16. The number of anilines is 2. The number of hydrogen-bond acceptors (Lipinski definition) is 6. The normalized spacial score (nSPS) is 18.6. The lowest BCUT2D eigenvalue weighted by Crippen LogP contribution is -2.48. The van der Waals surface area contributed by atoms with Crippen LogP contribution < -0.4 is 10.2 Å². The number of amides is 1. The van der Waals surface area contributed by atoms with E-state index >= 15 is 0 Å². The van der Waals surface area contributed by atoms with E-state index in [1.54, 1.807) is 12.1 Å². The van der Waals surface area contributed by atoms with Crippen LogP contribution in [0.1, 0.15) is 48.5 Å². The van der Waals surface area contributed by atoms with Gasteiger partial charge in [0.15, 0.2) is 0 Å². The summed E-state index contributed by atoms with van der Waals surface area (Å²) in [6, 6.07) is 13.1. The lowest BCUT2D eigenvalue weighted by molar-refractivity contribution is -0.383. The van der Waals surface area contributed by atoms with Crippen molar-refractivity contribution in [3.05, 3.63) is 63.7 Å². The van der Waals surface area contributed by atoms with Gasteiger partial charge in [-0.25, -0.2) is 0 Å². The van der Waals surface area contributed by atoms with Crippen LogP contribution in [0.3, 0.4) is 0 Å². The van der Waals surface area contributed by atoms with E-state index in [-0.39, 0.29) is 22.6 Å². The Morgan fingerprint density at radius 3 is 2.48 bits per heavy atom. The maximum absolute atomic E-state index is 12.9. The first-order chi connectivity index (χ1) is 15.9. The second-order valence-corrected chi connectivity index (χ2v) is 9.03. The van der Waals surface area contributed by atoms with Crippen molar-refractivity contribution in [2.45, 2.75) is 38.7 Å². The van der Waals surface area contributed by atoms with Crippen LogP contribution in [-0.4, -0.2) is 61.2 Å². The molecule has 0 unspecified atom stereocenters. The van der Waals surface area contributed by atoms with Crippen molar-refractivity contribution in [2.24, 2.45) is 0 Å². The molecule has 4 rings (SSSR count). The topological polar surface area (TPSA) is 88.0 Å². The minimum Gasteiger partial charge on any atom is -0.377 e. The first-order valence-corrected chi connectivity index (χ1v) is 11.7. The lowest BCUT2D eigenvalue weighted by Gasteiger charge is -2.36. The maximum Gasteiger partial charge on any atom is 0.292 e. The van der Waals surface area contributed by atoms with Gasteiger partial charge in [-0.15, -0.1) is 0 Å². The van der Waals surface area contributed by atoms with Crippen LogP contribution in [0.5, 0.6) is 0 Å². The predicted molar refractivity (Wildman–Crippen MR) is 129 cm³/mol. The minimum absolute atomic E-state index is 0.0487. The van der Waals surface area contributed by atoms with Crippen molar-refractivity contribution in [2.75, 3.05) is 49.5 Å². The molecule has 2 fully saturated rings. The first kappa shape index (κ1) is 23.0. The standard InChI is InChI=1S/C25H32N4O4/c1-18(2)19-5-7-20(8-6-19)25(30)28-13-11-27(12-14-28)21-9-10-24(29(31)32)23(16-21)26-17-22-4-3-15-33-22/h5-10,16,18,22,26H,3-4,11-15,17H2,1-2H3/t22-/m1/s1. The summed E-state index contributed by atoms with van der Waals surface area (Å²) < 4.78 is 5.63. The van der Waals surface area contributed by atoms with E-state index in [1.165, 1.54) is 5.56 Å². The molecule has 2 saturated heterocycles. The Balaban J connectivity index is 1.39. The van der Waals surface area contributed by atoms with Crippen molar-refractivity contribution in [1.82, 2.24) is 4.90 Å². The number of nitro benzene ring substituents is 1. The molecule has 0 radical (unpaired) electrons. The number of hydrogen-bond donors (Lipinski definition) is 1. The maximum atomic E-state index is 12.9. The Bertz CT molecular complexity index is 978. The molecule has 2 aliphatic rings. The molecule has 8 heteroatoms. The number of carbonyl (C=O) groups excluding carboxylic acids is 1. The van der Waals surface area contributed by atoms with Gasteiger partial charge >= 0.3 is 0 Å². The molecule has 0 saturated carbocycles. The van der Waals surface area contributed by atoms with E-state index < -0.39 is 0 Å². The number of nitrogens with one attached hydrogen (secondary N) is 1. The average molecular weight is 453 g/mol. The molecule has 1 atom stereocenters. The smallest absolute Gasteiger partial charge is 0.292 e. The zero-order chi connectivity index (χ0) is 23.4. The van der Waals surface area contributed by atoms with Crippen LogP contribution in [0.2, 0.25) is 0 Å². The van der Waals surface area contributed by atoms with Gasteiger partial charge in [-0.05, 0) is 48.6 Å². The number of rotatable bonds is 7. The zero-order valence-electron chi connectivity index (χ0n) is 19.3. The van der Waals surface area contributed by atoms with E-state index in [4.69, 9.17) is 4.74 Å². The quantitative estimate of drug-likeness (QED) is 0.499. The second kappa shape index (κ2) is 10.2. The van der Waals surface area contributed by atoms with Gasteiger partial charge in [-0.2, -0.15) is 0 Å². The molecule has 0 aliphatic carbocycles. The van der Waals surface area contributed by atoms with Crippen LogP contribution in [0.4, 0.5) is 17.1 Å². The number of piperazine rings is 1. The van der Waals surface area contributed by atoms with Crippen molar-refractivity contribution in [3.8, 4) is 0 Å². The van der Waals surface area contributed by atoms with E-state index in [0.717, 1.165) is 25.1 Å².